The van der Waals surface area contributed by atoms with Gasteiger partial charge in [-0.1, -0.05) is 21.7 Å². The third-order valence-corrected chi connectivity index (χ3v) is 3.05. The number of rotatable bonds is 5. The van der Waals surface area contributed by atoms with Crippen LogP contribution in [0.15, 0.2) is 5.16 Å². The third kappa shape index (κ3) is 3.33. The van der Waals surface area contributed by atoms with Gasteiger partial charge in [-0.3, -0.25) is 4.57 Å². The predicted octanol–water partition coefficient (Wildman–Crippen LogP) is -0.362. The van der Waals surface area contributed by atoms with E-state index < -0.39 is 8.03 Å². The second-order valence-electron chi connectivity index (χ2n) is 1.93. The zero-order valence-corrected chi connectivity index (χ0v) is 8.69. The number of tetrazole rings is 1. The molecule has 0 amide bonds. The molecule has 7 nitrogen and oxygen atoms in total. The van der Waals surface area contributed by atoms with E-state index in [1.165, 1.54) is 0 Å². The summed E-state index contributed by atoms with van der Waals surface area (Å²) in [4.78, 5) is 14.7. The molecule has 1 atom stereocenters. The summed E-state index contributed by atoms with van der Waals surface area (Å²) in [5.74, 6) is 0. The van der Waals surface area contributed by atoms with Crippen molar-refractivity contribution in [2.45, 2.75) is 12.1 Å². The highest BCUT2D eigenvalue weighted by molar-refractivity contribution is 8.03. The Morgan fingerprint density at radius 3 is 3.15 bits per heavy atom. The maximum absolute atomic E-state index is 10.4. The van der Waals surface area contributed by atoms with Gasteiger partial charge in [-0.25, -0.2) is 0 Å². The molecule has 0 aliphatic carbocycles. The topological polar surface area (TPSA) is 90.1 Å². The molecular weight excluding hydrogens is 215 g/mol. The molecule has 1 aromatic heterocycles. The molecule has 1 unspecified atom stereocenters. The molecule has 0 spiro atoms. The first-order valence-corrected chi connectivity index (χ1v) is 6.05. The molecule has 0 aliphatic rings. The molecule has 9 heteroatoms. The summed E-state index contributed by atoms with van der Waals surface area (Å²) in [6.45, 7) is 2.23. The van der Waals surface area contributed by atoms with Gasteiger partial charge in [0.2, 0.25) is 5.16 Å². The van der Waals surface area contributed by atoms with Crippen molar-refractivity contribution in [2.75, 3.05) is 12.1 Å². The van der Waals surface area contributed by atoms with Crippen molar-refractivity contribution in [3.63, 3.8) is 0 Å². The first kappa shape index (κ1) is 10.5. The normalized spacial score (nSPS) is 12.8. The van der Waals surface area contributed by atoms with Crippen LogP contribution in [0.25, 0.3) is 0 Å². The number of thioether (sulfide) groups is 1. The van der Waals surface area contributed by atoms with E-state index in [-0.39, 0.29) is 5.49 Å². The highest BCUT2D eigenvalue weighted by Gasteiger charge is 2.07. The van der Waals surface area contributed by atoms with Crippen LogP contribution in [0.4, 0.5) is 0 Å². The zero-order chi connectivity index (χ0) is 9.68. The lowest BCUT2D eigenvalue weighted by Gasteiger charge is -2.01. The van der Waals surface area contributed by atoms with E-state index in [4.69, 9.17) is 9.73 Å². The molecule has 1 rings (SSSR count). The predicted molar refractivity (Wildman–Crippen MR) is 46.9 cm³/mol. The lowest BCUT2D eigenvalue weighted by Crippen LogP contribution is -2.13. The standard InChI is InChI=1S/C4H9N4O3PS/c1-2-11-8-4(5-6-7-8)13-3-12(9)10/h12H,2-3H2,1H3,(H,9,10). The summed E-state index contributed by atoms with van der Waals surface area (Å²) in [7, 11) is -2.49. The van der Waals surface area contributed by atoms with Gasteiger partial charge in [0.05, 0.1) is 5.49 Å². The van der Waals surface area contributed by atoms with Crippen LogP contribution < -0.4 is 4.84 Å². The van der Waals surface area contributed by atoms with Gasteiger partial charge in [-0.05, 0) is 17.4 Å². The molecule has 0 saturated heterocycles. The Kier molecular flexibility index (Phi) is 4.20. The minimum absolute atomic E-state index is 0.0954. The summed E-state index contributed by atoms with van der Waals surface area (Å²) < 4.78 is 10.4. The lowest BCUT2D eigenvalue weighted by molar-refractivity contribution is 0.0696. The van der Waals surface area contributed by atoms with Gasteiger partial charge < -0.3 is 9.73 Å². The van der Waals surface area contributed by atoms with Crippen LogP contribution in [0, 0.1) is 0 Å². The molecule has 13 heavy (non-hydrogen) atoms. The maximum atomic E-state index is 10.4. The second-order valence-corrected chi connectivity index (χ2v) is 4.53. The van der Waals surface area contributed by atoms with Gasteiger partial charge in [0, 0.05) is 0 Å². The highest BCUT2D eigenvalue weighted by Crippen LogP contribution is 2.25. The molecular formula is C4H9N4O3PS. The lowest BCUT2D eigenvalue weighted by atomic mass is 10.9. The van der Waals surface area contributed by atoms with E-state index in [0.29, 0.717) is 11.8 Å². The van der Waals surface area contributed by atoms with E-state index in [2.05, 4.69) is 15.5 Å². The molecule has 1 heterocycles. The molecule has 74 valence electrons. The fourth-order valence-electron chi connectivity index (χ4n) is 0.585. The van der Waals surface area contributed by atoms with Crippen LogP contribution >= 0.6 is 19.8 Å². The number of aromatic nitrogens is 4. The van der Waals surface area contributed by atoms with Crippen molar-refractivity contribution in [3.8, 4) is 0 Å². The van der Waals surface area contributed by atoms with Crippen molar-refractivity contribution in [1.29, 1.82) is 0 Å². The van der Waals surface area contributed by atoms with Crippen molar-refractivity contribution in [3.05, 3.63) is 0 Å². The molecule has 0 aliphatic heterocycles. The molecule has 1 N–H and O–H groups in total. The Morgan fingerprint density at radius 2 is 2.54 bits per heavy atom. The fourth-order valence-corrected chi connectivity index (χ4v) is 1.89. The number of nitrogens with zero attached hydrogens (tertiary/aromatic N) is 4. The van der Waals surface area contributed by atoms with Crippen LogP contribution in [-0.2, 0) is 4.57 Å². The van der Waals surface area contributed by atoms with Crippen LogP contribution in [-0.4, -0.2) is 37.4 Å². The number of hydrogen-bond acceptors (Lipinski definition) is 6. The van der Waals surface area contributed by atoms with E-state index in [1.807, 2.05) is 0 Å². The maximum Gasteiger partial charge on any atom is 0.249 e. The van der Waals surface area contributed by atoms with Gasteiger partial charge in [0.1, 0.15) is 6.61 Å². The Hall–Kier alpha value is -0.590. The summed E-state index contributed by atoms with van der Waals surface area (Å²) in [5.41, 5.74) is 0.0954. The van der Waals surface area contributed by atoms with Crippen molar-refractivity contribution < 1.29 is 14.3 Å². The Labute approximate surface area is 79.3 Å². The first-order valence-electron chi connectivity index (χ1n) is 3.50. The van der Waals surface area contributed by atoms with E-state index in [1.54, 1.807) is 6.92 Å². The molecule has 0 radical (unpaired) electrons. The third-order valence-electron chi connectivity index (χ3n) is 0.991. The quantitative estimate of drug-likeness (QED) is 0.539. The zero-order valence-electron chi connectivity index (χ0n) is 6.88. The van der Waals surface area contributed by atoms with Crippen molar-refractivity contribution >= 4 is 19.8 Å². The molecule has 0 fully saturated rings. The van der Waals surface area contributed by atoms with Crippen LogP contribution in [0.1, 0.15) is 6.92 Å². The Bertz CT molecular complexity index is 293. The minimum Gasteiger partial charge on any atom is -0.394 e. The Balaban J connectivity index is 2.54. The van der Waals surface area contributed by atoms with Gasteiger partial charge in [0.15, 0.2) is 8.03 Å². The largest absolute Gasteiger partial charge is 0.394 e. The summed E-state index contributed by atoms with van der Waals surface area (Å²) in [6.07, 6.45) is 0. The monoisotopic (exact) mass is 224 g/mol. The van der Waals surface area contributed by atoms with Crippen LogP contribution in [0.3, 0.4) is 0 Å². The minimum atomic E-state index is -2.49. The van der Waals surface area contributed by atoms with E-state index >= 15 is 0 Å². The molecule has 0 bridgehead atoms. The summed E-state index contributed by atoms with van der Waals surface area (Å²) in [6, 6.07) is 0. The SMILES string of the molecule is CCOn1nnnc1SC[PH](=O)O. The van der Waals surface area contributed by atoms with Crippen LogP contribution in [0.2, 0.25) is 0 Å². The van der Waals surface area contributed by atoms with E-state index in [0.717, 1.165) is 16.6 Å². The number of hydrogen-bond donors (Lipinski definition) is 1. The summed E-state index contributed by atoms with van der Waals surface area (Å²) >= 11 is 1.09. The van der Waals surface area contributed by atoms with Gasteiger partial charge in [-0.2, -0.15) is 0 Å². The van der Waals surface area contributed by atoms with Gasteiger partial charge in [0.25, 0.3) is 0 Å². The molecule has 0 aromatic carbocycles. The highest BCUT2D eigenvalue weighted by atomic mass is 32.2. The average Bonchev–Trinajstić information content (AvgIpc) is 2.49. The Morgan fingerprint density at radius 1 is 1.77 bits per heavy atom. The molecule has 1 aromatic rings. The van der Waals surface area contributed by atoms with Crippen molar-refractivity contribution in [1.82, 2.24) is 20.4 Å². The second kappa shape index (κ2) is 5.21. The van der Waals surface area contributed by atoms with Gasteiger partial charge in [-0.15, -0.1) is 0 Å². The fraction of sp³-hybridized carbons (Fsp3) is 0.750. The van der Waals surface area contributed by atoms with E-state index in [9.17, 15) is 4.57 Å². The summed E-state index contributed by atoms with van der Waals surface area (Å²) in [5, 5.41) is 10.9. The average molecular weight is 224 g/mol. The first-order chi connectivity index (χ1) is 6.24. The van der Waals surface area contributed by atoms with Crippen LogP contribution in [0.5, 0.6) is 0 Å². The smallest absolute Gasteiger partial charge is 0.249 e. The molecule has 0 saturated carbocycles. The van der Waals surface area contributed by atoms with Crippen molar-refractivity contribution in [2.24, 2.45) is 0 Å². The van der Waals surface area contributed by atoms with Gasteiger partial charge >= 0.3 is 0 Å².